The molecule has 0 aliphatic heterocycles. The minimum atomic E-state index is -4.75. The second-order valence-electron chi connectivity index (χ2n) is 4.93. The molecule has 3 rings (SSSR count). The van der Waals surface area contributed by atoms with Crippen molar-refractivity contribution in [2.24, 2.45) is 0 Å². The maximum atomic E-state index is 13.1. The molecule has 0 N–H and O–H groups in total. The zero-order valence-corrected chi connectivity index (χ0v) is 11.9. The molecule has 124 valence electrons. The van der Waals surface area contributed by atoms with E-state index in [1.807, 2.05) is 0 Å². The summed E-state index contributed by atoms with van der Waals surface area (Å²) in [5, 5.41) is 3.22. The molecule has 2 aromatic heterocycles. The van der Waals surface area contributed by atoms with Crippen LogP contribution in [-0.2, 0) is 12.7 Å². The lowest BCUT2D eigenvalue weighted by Gasteiger charge is -2.06. The Bertz CT molecular complexity index is 931. The Balaban J connectivity index is 1.87. The molecule has 0 unspecified atom stereocenters. The molecule has 2 heterocycles. The third-order valence-electron chi connectivity index (χ3n) is 3.16. The highest BCUT2D eigenvalue weighted by Crippen LogP contribution is 2.29. The molecule has 0 fully saturated rings. The summed E-state index contributed by atoms with van der Waals surface area (Å²) in [6, 6.07) is 8.20. The smallest absolute Gasteiger partial charge is 0.329 e. The van der Waals surface area contributed by atoms with E-state index in [9.17, 15) is 22.4 Å². The van der Waals surface area contributed by atoms with Crippen molar-refractivity contribution in [3.8, 4) is 11.4 Å². The van der Waals surface area contributed by atoms with E-state index in [4.69, 9.17) is 0 Å². The number of hydrogen-bond donors (Lipinski definition) is 0. The normalized spacial score (nSPS) is 11.7. The number of pyridine rings is 1. The number of halogens is 4. The van der Waals surface area contributed by atoms with Crippen LogP contribution in [0.1, 0.15) is 11.5 Å². The van der Waals surface area contributed by atoms with Crippen molar-refractivity contribution < 1.29 is 22.1 Å². The van der Waals surface area contributed by atoms with Crippen LogP contribution in [0.3, 0.4) is 0 Å². The predicted octanol–water partition coefficient (Wildman–Crippen LogP) is 3.10. The van der Waals surface area contributed by atoms with Gasteiger partial charge in [-0.3, -0.25) is 4.79 Å². The highest BCUT2D eigenvalue weighted by Gasteiger charge is 2.38. The quantitative estimate of drug-likeness (QED) is 0.688. The topological polar surface area (TPSA) is 60.9 Å². The van der Waals surface area contributed by atoms with Crippen molar-refractivity contribution in [3.05, 3.63) is 70.2 Å². The predicted molar refractivity (Wildman–Crippen MR) is 74.5 cm³/mol. The second kappa shape index (κ2) is 5.91. The number of nitrogens with zero attached hydrogens (tertiary/aromatic N) is 3. The van der Waals surface area contributed by atoms with E-state index in [2.05, 4.69) is 14.7 Å². The molecule has 5 nitrogen and oxygen atoms in total. The first-order valence-corrected chi connectivity index (χ1v) is 6.69. The summed E-state index contributed by atoms with van der Waals surface area (Å²) < 4.78 is 55.9. The zero-order chi connectivity index (χ0) is 17.3. The van der Waals surface area contributed by atoms with Crippen LogP contribution in [0, 0.1) is 5.82 Å². The summed E-state index contributed by atoms with van der Waals surface area (Å²) >= 11 is 0. The van der Waals surface area contributed by atoms with Gasteiger partial charge >= 0.3 is 12.1 Å². The third-order valence-corrected chi connectivity index (χ3v) is 3.16. The molecule has 0 aliphatic carbocycles. The SMILES string of the molecule is O=c1cc(-c2noc(C(F)(F)F)n2)ccn1Cc1cccc(F)c1. The number of hydrogen-bond acceptors (Lipinski definition) is 4. The van der Waals surface area contributed by atoms with Crippen LogP contribution in [0.4, 0.5) is 17.6 Å². The number of benzene rings is 1. The maximum absolute atomic E-state index is 13.1. The van der Waals surface area contributed by atoms with Gasteiger partial charge in [0.15, 0.2) is 0 Å². The van der Waals surface area contributed by atoms with Gasteiger partial charge in [0.25, 0.3) is 5.56 Å². The number of alkyl halides is 3. The lowest BCUT2D eigenvalue weighted by Crippen LogP contribution is -2.19. The number of rotatable bonds is 3. The molecule has 0 radical (unpaired) electrons. The van der Waals surface area contributed by atoms with E-state index in [1.165, 1.54) is 35.0 Å². The molecule has 0 amide bonds. The largest absolute Gasteiger partial charge is 0.471 e. The van der Waals surface area contributed by atoms with Crippen LogP contribution in [0.15, 0.2) is 51.9 Å². The Kier molecular flexibility index (Phi) is 3.92. The van der Waals surface area contributed by atoms with Crippen molar-refractivity contribution in [1.82, 2.24) is 14.7 Å². The molecule has 9 heteroatoms. The summed E-state index contributed by atoms with van der Waals surface area (Å²) in [5.41, 5.74) is 0.175. The first-order chi connectivity index (χ1) is 11.3. The summed E-state index contributed by atoms with van der Waals surface area (Å²) in [5.74, 6) is -2.25. The maximum Gasteiger partial charge on any atom is 0.471 e. The van der Waals surface area contributed by atoms with Gasteiger partial charge in [-0.2, -0.15) is 18.2 Å². The molecule has 0 bridgehead atoms. The molecule has 0 saturated carbocycles. The van der Waals surface area contributed by atoms with Gasteiger partial charge < -0.3 is 9.09 Å². The Morgan fingerprint density at radius 3 is 2.58 bits per heavy atom. The monoisotopic (exact) mass is 339 g/mol. The Hall–Kier alpha value is -2.97. The van der Waals surface area contributed by atoms with Crippen LogP contribution in [0.2, 0.25) is 0 Å². The molecule has 0 aliphatic rings. The van der Waals surface area contributed by atoms with Crippen molar-refractivity contribution in [2.45, 2.75) is 12.7 Å². The fraction of sp³-hybridized carbons (Fsp3) is 0.133. The van der Waals surface area contributed by atoms with E-state index >= 15 is 0 Å². The minimum absolute atomic E-state index is 0.0924. The van der Waals surface area contributed by atoms with E-state index in [-0.39, 0.29) is 17.9 Å². The lowest BCUT2D eigenvalue weighted by atomic mass is 10.2. The average Bonchev–Trinajstić information content (AvgIpc) is 2.99. The summed E-state index contributed by atoms with van der Waals surface area (Å²) in [6.07, 6.45) is -3.39. The molecule has 24 heavy (non-hydrogen) atoms. The van der Waals surface area contributed by atoms with Gasteiger partial charge in [-0.05, 0) is 23.8 Å². The van der Waals surface area contributed by atoms with Gasteiger partial charge in [0, 0.05) is 17.8 Å². The molecule has 0 atom stereocenters. The van der Waals surface area contributed by atoms with E-state index < -0.39 is 23.4 Å². The van der Waals surface area contributed by atoms with E-state index in [0.29, 0.717) is 5.56 Å². The van der Waals surface area contributed by atoms with Crippen LogP contribution in [-0.4, -0.2) is 14.7 Å². The summed E-state index contributed by atoms with van der Waals surface area (Å²) in [7, 11) is 0. The third kappa shape index (κ3) is 3.34. The van der Waals surface area contributed by atoms with Crippen molar-refractivity contribution in [1.29, 1.82) is 0 Å². The molecular formula is C15H9F4N3O2. The number of aromatic nitrogens is 3. The first-order valence-electron chi connectivity index (χ1n) is 6.69. The van der Waals surface area contributed by atoms with Gasteiger partial charge in [0.1, 0.15) is 5.82 Å². The standard InChI is InChI=1S/C15H9F4N3O2/c16-11-3-1-2-9(6-11)8-22-5-4-10(7-12(22)23)13-20-14(24-21-13)15(17,18)19/h1-7H,8H2. The summed E-state index contributed by atoms with van der Waals surface area (Å²) in [6.45, 7) is 0.122. The highest BCUT2D eigenvalue weighted by molar-refractivity contribution is 5.52. The van der Waals surface area contributed by atoms with Crippen LogP contribution < -0.4 is 5.56 Å². The summed E-state index contributed by atoms with van der Waals surface area (Å²) in [4.78, 5) is 15.3. The molecule has 0 saturated heterocycles. The van der Waals surface area contributed by atoms with Gasteiger partial charge in [0.2, 0.25) is 5.82 Å². The van der Waals surface area contributed by atoms with Gasteiger partial charge in [0.05, 0.1) is 6.54 Å². The minimum Gasteiger partial charge on any atom is -0.329 e. The first kappa shape index (κ1) is 15.9. The fourth-order valence-corrected chi connectivity index (χ4v) is 2.07. The second-order valence-corrected chi connectivity index (χ2v) is 4.93. The van der Waals surface area contributed by atoms with Crippen molar-refractivity contribution in [2.75, 3.05) is 0 Å². The van der Waals surface area contributed by atoms with Crippen LogP contribution in [0.5, 0.6) is 0 Å². The highest BCUT2D eigenvalue weighted by atomic mass is 19.4. The lowest BCUT2D eigenvalue weighted by molar-refractivity contribution is -0.159. The average molecular weight is 339 g/mol. The fourth-order valence-electron chi connectivity index (χ4n) is 2.07. The van der Waals surface area contributed by atoms with E-state index in [0.717, 1.165) is 6.07 Å². The molecular weight excluding hydrogens is 330 g/mol. The molecule has 1 aromatic carbocycles. The Morgan fingerprint density at radius 2 is 1.96 bits per heavy atom. The van der Waals surface area contributed by atoms with Gasteiger partial charge in [-0.15, -0.1) is 0 Å². The zero-order valence-electron chi connectivity index (χ0n) is 11.9. The van der Waals surface area contributed by atoms with Crippen molar-refractivity contribution in [3.63, 3.8) is 0 Å². The van der Waals surface area contributed by atoms with Gasteiger partial charge in [-0.25, -0.2) is 4.39 Å². The molecule has 0 spiro atoms. The Labute approximate surface area is 132 Å². The van der Waals surface area contributed by atoms with E-state index in [1.54, 1.807) is 6.07 Å². The Morgan fingerprint density at radius 1 is 1.17 bits per heavy atom. The van der Waals surface area contributed by atoms with Crippen LogP contribution >= 0.6 is 0 Å². The van der Waals surface area contributed by atoms with Crippen LogP contribution in [0.25, 0.3) is 11.4 Å². The van der Waals surface area contributed by atoms with Crippen molar-refractivity contribution >= 4 is 0 Å². The molecule has 3 aromatic rings. The van der Waals surface area contributed by atoms with Gasteiger partial charge in [-0.1, -0.05) is 17.3 Å².